The van der Waals surface area contributed by atoms with Crippen LogP contribution in [0.5, 0.6) is 17.2 Å². The molecule has 0 N–H and O–H groups in total. The Morgan fingerprint density at radius 1 is 0.778 bits per heavy atom. The summed E-state index contributed by atoms with van der Waals surface area (Å²) in [6, 6.07) is 10.6. The lowest BCUT2D eigenvalue weighted by atomic mass is 10.1. The summed E-state index contributed by atoms with van der Waals surface area (Å²) in [5.41, 5.74) is 0.835. The molecular formula is C19H18N2O6. The average molecular weight is 370 g/mol. The summed E-state index contributed by atoms with van der Waals surface area (Å²) in [6.45, 7) is -0.115. The van der Waals surface area contributed by atoms with E-state index in [1.807, 2.05) is 0 Å². The maximum atomic E-state index is 12.7. The lowest BCUT2D eigenvalue weighted by Crippen LogP contribution is -2.33. The number of carbonyl (C=O) groups excluding carboxylic acids is 3. The number of urea groups is 1. The Labute approximate surface area is 155 Å². The first-order valence-electron chi connectivity index (χ1n) is 8.05. The van der Waals surface area contributed by atoms with Gasteiger partial charge in [-0.1, -0.05) is 0 Å². The van der Waals surface area contributed by atoms with Crippen molar-refractivity contribution in [3.8, 4) is 17.2 Å². The number of carbonyl (C=O) groups is 3. The third-order valence-corrected chi connectivity index (χ3v) is 4.20. The van der Waals surface area contributed by atoms with Crippen LogP contribution in [0.3, 0.4) is 0 Å². The van der Waals surface area contributed by atoms with Crippen molar-refractivity contribution in [3.05, 3.63) is 48.0 Å². The molecular weight excluding hydrogens is 352 g/mol. The summed E-state index contributed by atoms with van der Waals surface area (Å²) < 4.78 is 15.5. The molecule has 0 saturated carbocycles. The highest BCUT2D eigenvalue weighted by Gasteiger charge is 2.45. The Bertz CT molecular complexity index is 894. The monoisotopic (exact) mass is 370 g/mol. The van der Waals surface area contributed by atoms with E-state index >= 15 is 0 Å². The molecule has 8 heteroatoms. The van der Waals surface area contributed by atoms with Crippen molar-refractivity contribution >= 4 is 23.5 Å². The highest BCUT2D eigenvalue weighted by molar-refractivity contribution is 6.52. The number of ether oxygens (including phenoxy) is 3. The van der Waals surface area contributed by atoms with Crippen molar-refractivity contribution in [1.29, 1.82) is 0 Å². The Kier molecular flexibility index (Phi) is 4.98. The van der Waals surface area contributed by atoms with Crippen molar-refractivity contribution in [1.82, 2.24) is 4.90 Å². The second-order valence-electron chi connectivity index (χ2n) is 5.69. The van der Waals surface area contributed by atoms with Crippen molar-refractivity contribution in [3.63, 3.8) is 0 Å². The van der Waals surface area contributed by atoms with E-state index in [4.69, 9.17) is 14.2 Å². The topological polar surface area (TPSA) is 85.4 Å². The van der Waals surface area contributed by atoms with E-state index in [9.17, 15) is 14.4 Å². The standard InChI is InChI=1S/C19H18N2O6/c1-25-14-6-4-13(5-7-14)21-18(23)17(22)20(19(21)24)11-12-10-15(26-2)8-9-16(12)27-3/h4-10H,11H2,1-3H3. The van der Waals surface area contributed by atoms with Gasteiger partial charge in [-0.3, -0.25) is 14.5 Å². The number of nitrogens with zero attached hydrogens (tertiary/aromatic N) is 2. The van der Waals surface area contributed by atoms with Crippen LogP contribution in [0.1, 0.15) is 5.56 Å². The van der Waals surface area contributed by atoms with Crippen molar-refractivity contribution in [2.75, 3.05) is 26.2 Å². The van der Waals surface area contributed by atoms with Gasteiger partial charge in [-0.05, 0) is 42.5 Å². The van der Waals surface area contributed by atoms with E-state index in [-0.39, 0.29) is 6.54 Å². The summed E-state index contributed by atoms with van der Waals surface area (Å²) in [6.07, 6.45) is 0. The largest absolute Gasteiger partial charge is 0.497 e. The number of hydrogen-bond acceptors (Lipinski definition) is 6. The maximum Gasteiger partial charge on any atom is 0.339 e. The fraction of sp³-hybridized carbons (Fsp3) is 0.211. The molecule has 0 aliphatic carbocycles. The van der Waals surface area contributed by atoms with Gasteiger partial charge in [0.05, 0.1) is 33.6 Å². The first kappa shape index (κ1) is 18.2. The summed E-state index contributed by atoms with van der Waals surface area (Å²) in [5.74, 6) is -0.218. The molecule has 0 atom stereocenters. The third kappa shape index (κ3) is 3.29. The Morgan fingerprint density at radius 3 is 2.00 bits per heavy atom. The minimum atomic E-state index is -0.910. The molecule has 1 aliphatic rings. The predicted octanol–water partition coefficient (Wildman–Crippen LogP) is 2.21. The average Bonchev–Trinajstić information content (AvgIpc) is 2.91. The molecule has 2 aromatic carbocycles. The molecule has 0 unspecified atom stereocenters. The molecule has 1 heterocycles. The molecule has 1 fully saturated rings. The molecule has 1 saturated heterocycles. The molecule has 0 bridgehead atoms. The first-order valence-corrected chi connectivity index (χ1v) is 8.05. The van der Waals surface area contributed by atoms with Crippen LogP contribution in [-0.4, -0.2) is 44.1 Å². The van der Waals surface area contributed by atoms with E-state index in [1.54, 1.807) is 30.3 Å². The Balaban J connectivity index is 1.90. The number of rotatable bonds is 6. The van der Waals surface area contributed by atoms with Gasteiger partial charge in [0.25, 0.3) is 0 Å². The van der Waals surface area contributed by atoms with E-state index in [1.165, 1.54) is 33.5 Å². The molecule has 3 rings (SSSR count). The van der Waals surface area contributed by atoms with Crippen LogP contribution in [0.4, 0.5) is 10.5 Å². The van der Waals surface area contributed by atoms with Crippen molar-refractivity contribution < 1.29 is 28.6 Å². The molecule has 1 aliphatic heterocycles. The molecule has 27 heavy (non-hydrogen) atoms. The van der Waals surface area contributed by atoms with Gasteiger partial charge < -0.3 is 14.2 Å². The zero-order valence-electron chi connectivity index (χ0n) is 15.1. The summed E-state index contributed by atoms with van der Waals surface area (Å²) in [4.78, 5) is 39.2. The number of benzene rings is 2. The van der Waals surface area contributed by atoms with Crippen LogP contribution in [0.15, 0.2) is 42.5 Å². The number of methoxy groups -OCH3 is 3. The predicted molar refractivity (Wildman–Crippen MR) is 96.0 cm³/mol. The lowest BCUT2D eigenvalue weighted by Gasteiger charge is -2.17. The molecule has 0 radical (unpaired) electrons. The number of imide groups is 2. The third-order valence-electron chi connectivity index (χ3n) is 4.20. The molecule has 0 aromatic heterocycles. The number of anilines is 1. The van der Waals surface area contributed by atoms with Crippen molar-refractivity contribution in [2.24, 2.45) is 0 Å². The molecule has 8 nitrogen and oxygen atoms in total. The lowest BCUT2D eigenvalue weighted by molar-refractivity contribution is -0.139. The van der Waals surface area contributed by atoms with Crippen LogP contribution in [-0.2, 0) is 16.1 Å². The van der Waals surface area contributed by atoms with Gasteiger partial charge in [0.15, 0.2) is 0 Å². The second-order valence-corrected chi connectivity index (χ2v) is 5.69. The Morgan fingerprint density at radius 2 is 1.41 bits per heavy atom. The van der Waals surface area contributed by atoms with Gasteiger partial charge in [-0.2, -0.15) is 0 Å². The van der Waals surface area contributed by atoms with Crippen LogP contribution in [0.25, 0.3) is 0 Å². The minimum absolute atomic E-state index is 0.115. The normalized spacial score (nSPS) is 14.0. The smallest absolute Gasteiger partial charge is 0.339 e. The van der Waals surface area contributed by atoms with E-state index in [2.05, 4.69) is 0 Å². The highest BCUT2D eigenvalue weighted by atomic mass is 16.5. The molecule has 2 aromatic rings. The quantitative estimate of drug-likeness (QED) is 0.572. The van der Waals surface area contributed by atoms with E-state index in [0.717, 1.165) is 9.80 Å². The van der Waals surface area contributed by atoms with Gasteiger partial charge >= 0.3 is 17.8 Å². The fourth-order valence-electron chi connectivity index (χ4n) is 2.78. The zero-order valence-corrected chi connectivity index (χ0v) is 15.1. The second kappa shape index (κ2) is 7.36. The van der Waals surface area contributed by atoms with Gasteiger partial charge in [0.1, 0.15) is 17.2 Å². The molecule has 4 amide bonds. The SMILES string of the molecule is COc1ccc(N2C(=O)C(=O)N(Cc3cc(OC)ccc3OC)C2=O)cc1. The van der Waals surface area contributed by atoms with Crippen LogP contribution >= 0.6 is 0 Å². The summed E-state index contributed by atoms with van der Waals surface area (Å²) >= 11 is 0. The zero-order chi connectivity index (χ0) is 19.6. The number of amides is 4. The first-order chi connectivity index (χ1) is 13.0. The van der Waals surface area contributed by atoms with Gasteiger partial charge in [0.2, 0.25) is 0 Å². The minimum Gasteiger partial charge on any atom is -0.497 e. The summed E-state index contributed by atoms with van der Waals surface area (Å²) in [5, 5.41) is 0. The molecule has 140 valence electrons. The van der Waals surface area contributed by atoms with Gasteiger partial charge in [0, 0.05) is 5.56 Å². The van der Waals surface area contributed by atoms with Crippen LogP contribution < -0.4 is 19.1 Å². The fourth-order valence-corrected chi connectivity index (χ4v) is 2.78. The highest BCUT2D eigenvalue weighted by Crippen LogP contribution is 2.29. The van der Waals surface area contributed by atoms with E-state index < -0.39 is 17.8 Å². The Hall–Kier alpha value is -3.55. The van der Waals surface area contributed by atoms with Gasteiger partial charge in [-0.15, -0.1) is 0 Å². The maximum absolute atomic E-state index is 12.7. The molecule has 0 spiro atoms. The summed E-state index contributed by atoms with van der Waals surface area (Å²) in [7, 11) is 4.49. The number of hydrogen-bond donors (Lipinski definition) is 0. The van der Waals surface area contributed by atoms with Gasteiger partial charge in [-0.25, -0.2) is 9.69 Å². The van der Waals surface area contributed by atoms with Crippen molar-refractivity contribution in [2.45, 2.75) is 6.54 Å². The van der Waals surface area contributed by atoms with Crippen LogP contribution in [0.2, 0.25) is 0 Å². The van der Waals surface area contributed by atoms with E-state index in [0.29, 0.717) is 28.5 Å². The van der Waals surface area contributed by atoms with Crippen LogP contribution in [0, 0.1) is 0 Å².